The van der Waals surface area contributed by atoms with Crippen molar-refractivity contribution in [3.63, 3.8) is 0 Å². The Balaban J connectivity index is 1.68. The van der Waals surface area contributed by atoms with E-state index in [0.29, 0.717) is 19.0 Å². The lowest BCUT2D eigenvalue weighted by molar-refractivity contribution is 0.0654. The standard InChI is InChI=1S/C17H19FN2OS/c18-14-5-3-12(4-6-14)8-13-9-15(19)11-20(10-13)17(21)16-2-1-7-22-16/h1-7,13,15H,8-11,19H2. The van der Waals surface area contributed by atoms with Crippen molar-refractivity contribution in [1.82, 2.24) is 4.90 Å². The number of thiophene rings is 1. The van der Waals surface area contributed by atoms with Crippen LogP contribution in [-0.4, -0.2) is 29.9 Å². The smallest absolute Gasteiger partial charge is 0.263 e. The number of nitrogens with two attached hydrogens (primary N) is 1. The Bertz CT molecular complexity index is 627. The number of rotatable bonds is 3. The summed E-state index contributed by atoms with van der Waals surface area (Å²) in [6.07, 6.45) is 1.72. The van der Waals surface area contributed by atoms with E-state index >= 15 is 0 Å². The van der Waals surface area contributed by atoms with Crippen LogP contribution in [0.5, 0.6) is 0 Å². The predicted molar refractivity (Wildman–Crippen MR) is 86.4 cm³/mol. The fourth-order valence-electron chi connectivity index (χ4n) is 3.07. The molecule has 2 heterocycles. The first-order valence-electron chi connectivity index (χ1n) is 7.44. The van der Waals surface area contributed by atoms with Gasteiger partial charge < -0.3 is 10.6 Å². The Labute approximate surface area is 133 Å². The zero-order valence-corrected chi connectivity index (χ0v) is 13.1. The molecular weight excluding hydrogens is 299 g/mol. The van der Waals surface area contributed by atoms with E-state index in [1.54, 1.807) is 12.1 Å². The van der Waals surface area contributed by atoms with E-state index in [0.717, 1.165) is 23.3 Å². The Hall–Kier alpha value is -1.72. The van der Waals surface area contributed by atoms with Crippen molar-refractivity contribution in [2.45, 2.75) is 18.9 Å². The van der Waals surface area contributed by atoms with Crippen molar-refractivity contribution in [3.05, 3.63) is 58.0 Å². The topological polar surface area (TPSA) is 46.3 Å². The molecule has 116 valence electrons. The van der Waals surface area contributed by atoms with E-state index in [4.69, 9.17) is 5.73 Å². The highest BCUT2D eigenvalue weighted by molar-refractivity contribution is 7.12. The van der Waals surface area contributed by atoms with Gasteiger partial charge in [-0.15, -0.1) is 11.3 Å². The highest BCUT2D eigenvalue weighted by atomic mass is 32.1. The van der Waals surface area contributed by atoms with Gasteiger partial charge in [0.25, 0.3) is 5.91 Å². The van der Waals surface area contributed by atoms with Crippen LogP contribution in [0, 0.1) is 11.7 Å². The summed E-state index contributed by atoms with van der Waals surface area (Å²) in [5, 5.41) is 1.91. The van der Waals surface area contributed by atoms with Crippen molar-refractivity contribution in [3.8, 4) is 0 Å². The fourth-order valence-corrected chi connectivity index (χ4v) is 3.76. The third kappa shape index (κ3) is 3.54. The van der Waals surface area contributed by atoms with Gasteiger partial charge in [0.05, 0.1) is 4.88 Å². The van der Waals surface area contributed by atoms with Gasteiger partial charge in [0.1, 0.15) is 5.82 Å². The van der Waals surface area contributed by atoms with Crippen molar-refractivity contribution in [2.75, 3.05) is 13.1 Å². The van der Waals surface area contributed by atoms with Crippen molar-refractivity contribution >= 4 is 17.2 Å². The third-order valence-electron chi connectivity index (χ3n) is 4.03. The zero-order chi connectivity index (χ0) is 15.5. The second-order valence-electron chi connectivity index (χ2n) is 5.88. The number of hydrogen-bond donors (Lipinski definition) is 1. The largest absolute Gasteiger partial charge is 0.336 e. The number of likely N-dealkylation sites (tertiary alicyclic amines) is 1. The van der Waals surface area contributed by atoms with E-state index in [-0.39, 0.29) is 17.8 Å². The molecule has 0 radical (unpaired) electrons. The maximum absolute atomic E-state index is 13.0. The average Bonchev–Trinajstić information content (AvgIpc) is 3.02. The third-order valence-corrected chi connectivity index (χ3v) is 4.88. The van der Waals surface area contributed by atoms with Crippen molar-refractivity contribution < 1.29 is 9.18 Å². The van der Waals surface area contributed by atoms with E-state index in [1.807, 2.05) is 22.4 Å². The van der Waals surface area contributed by atoms with Crippen LogP contribution in [-0.2, 0) is 6.42 Å². The minimum Gasteiger partial charge on any atom is -0.336 e. The molecule has 2 unspecified atom stereocenters. The van der Waals surface area contributed by atoms with Gasteiger partial charge in [-0.1, -0.05) is 18.2 Å². The molecule has 1 aliphatic rings. The van der Waals surface area contributed by atoms with Crippen LogP contribution in [0.25, 0.3) is 0 Å². The number of benzene rings is 1. The van der Waals surface area contributed by atoms with Gasteiger partial charge in [-0.3, -0.25) is 4.79 Å². The highest BCUT2D eigenvalue weighted by Gasteiger charge is 2.29. The highest BCUT2D eigenvalue weighted by Crippen LogP contribution is 2.23. The first-order chi connectivity index (χ1) is 10.6. The molecule has 1 amide bonds. The monoisotopic (exact) mass is 318 g/mol. The molecule has 1 aromatic carbocycles. The Morgan fingerprint density at radius 1 is 1.27 bits per heavy atom. The van der Waals surface area contributed by atoms with Gasteiger partial charge in [0, 0.05) is 19.1 Å². The van der Waals surface area contributed by atoms with Gasteiger partial charge >= 0.3 is 0 Å². The molecule has 1 aliphatic heterocycles. The van der Waals surface area contributed by atoms with E-state index in [9.17, 15) is 9.18 Å². The normalized spacial score (nSPS) is 21.8. The maximum Gasteiger partial charge on any atom is 0.263 e. The van der Waals surface area contributed by atoms with Gasteiger partial charge in [-0.25, -0.2) is 4.39 Å². The summed E-state index contributed by atoms with van der Waals surface area (Å²) in [6.45, 7) is 1.32. The van der Waals surface area contributed by atoms with Crippen LogP contribution in [0.4, 0.5) is 4.39 Å². The molecule has 2 aromatic rings. The summed E-state index contributed by atoms with van der Waals surface area (Å²) in [6, 6.07) is 10.3. The molecule has 5 heteroatoms. The quantitative estimate of drug-likeness (QED) is 0.946. The summed E-state index contributed by atoms with van der Waals surface area (Å²) < 4.78 is 13.0. The minimum atomic E-state index is -0.224. The van der Waals surface area contributed by atoms with Crippen LogP contribution in [0.3, 0.4) is 0 Å². The molecule has 0 aliphatic carbocycles. The average molecular weight is 318 g/mol. The Kier molecular flexibility index (Phi) is 4.55. The molecule has 0 spiro atoms. The molecular formula is C17H19FN2OS. The molecule has 22 heavy (non-hydrogen) atoms. The number of nitrogens with zero attached hydrogens (tertiary/aromatic N) is 1. The lowest BCUT2D eigenvalue weighted by Crippen LogP contribution is -2.49. The summed E-state index contributed by atoms with van der Waals surface area (Å²) in [7, 11) is 0. The molecule has 3 nitrogen and oxygen atoms in total. The fraction of sp³-hybridized carbons (Fsp3) is 0.353. The lowest BCUT2D eigenvalue weighted by Gasteiger charge is -2.36. The van der Waals surface area contributed by atoms with Crippen LogP contribution in [0.2, 0.25) is 0 Å². The molecule has 0 saturated carbocycles. The lowest BCUT2D eigenvalue weighted by atomic mass is 9.89. The molecule has 2 atom stereocenters. The summed E-state index contributed by atoms with van der Waals surface area (Å²) in [5.41, 5.74) is 7.22. The van der Waals surface area contributed by atoms with Crippen LogP contribution in [0.1, 0.15) is 21.7 Å². The molecule has 1 fully saturated rings. The van der Waals surface area contributed by atoms with Crippen LogP contribution in [0.15, 0.2) is 41.8 Å². The Morgan fingerprint density at radius 2 is 2.05 bits per heavy atom. The SMILES string of the molecule is NC1CC(Cc2ccc(F)cc2)CN(C(=O)c2cccs2)C1. The zero-order valence-electron chi connectivity index (χ0n) is 12.2. The van der Waals surface area contributed by atoms with E-state index in [1.165, 1.54) is 23.5 Å². The molecule has 0 bridgehead atoms. The molecule has 1 saturated heterocycles. The number of amides is 1. The Morgan fingerprint density at radius 3 is 2.73 bits per heavy atom. The summed E-state index contributed by atoms with van der Waals surface area (Å²) >= 11 is 1.46. The second-order valence-corrected chi connectivity index (χ2v) is 6.83. The van der Waals surface area contributed by atoms with Gasteiger partial charge in [-0.2, -0.15) is 0 Å². The van der Waals surface area contributed by atoms with E-state index < -0.39 is 0 Å². The van der Waals surface area contributed by atoms with Gasteiger partial charge in [0.2, 0.25) is 0 Å². The molecule has 2 N–H and O–H groups in total. The van der Waals surface area contributed by atoms with Gasteiger partial charge in [-0.05, 0) is 47.9 Å². The van der Waals surface area contributed by atoms with Crippen LogP contribution >= 0.6 is 11.3 Å². The number of carbonyl (C=O) groups is 1. The second kappa shape index (κ2) is 6.58. The first kappa shape index (κ1) is 15.2. The molecule has 3 rings (SSSR count). The maximum atomic E-state index is 13.0. The van der Waals surface area contributed by atoms with E-state index in [2.05, 4.69) is 0 Å². The number of hydrogen-bond acceptors (Lipinski definition) is 3. The minimum absolute atomic E-state index is 0.00288. The number of halogens is 1. The number of piperidine rings is 1. The first-order valence-corrected chi connectivity index (χ1v) is 8.32. The number of carbonyl (C=O) groups excluding carboxylic acids is 1. The van der Waals surface area contributed by atoms with Gasteiger partial charge in [0.15, 0.2) is 0 Å². The summed E-state index contributed by atoms with van der Waals surface area (Å²) in [5.74, 6) is 0.158. The van der Waals surface area contributed by atoms with Crippen LogP contribution < -0.4 is 5.73 Å². The predicted octanol–water partition coefficient (Wildman–Crippen LogP) is 2.92. The summed E-state index contributed by atoms with van der Waals surface area (Å²) in [4.78, 5) is 15.1. The molecule has 1 aromatic heterocycles. The van der Waals surface area contributed by atoms with Crippen molar-refractivity contribution in [2.24, 2.45) is 11.7 Å². The van der Waals surface area contributed by atoms with Crippen molar-refractivity contribution in [1.29, 1.82) is 0 Å².